The number of hydrogen-bond donors (Lipinski definition) is 2. The molecule has 18 heavy (non-hydrogen) atoms. The second-order valence-corrected chi connectivity index (χ2v) is 5.69. The van der Waals surface area contributed by atoms with Crippen molar-refractivity contribution in [2.24, 2.45) is 5.73 Å². The molecule has 1 unspecified atom stereocenters. The largest absolute Gasteiger partial charge is 0.481 e. The highest BCUT2D eigenvalue weighted by Gasteiger charge is 2.20. The van der Waals surface area contributed by atoms with E-state index in [0.717, 1.165) is 12.0 Å². The van der Waals surface area contributed by atoms with Gasteiger partial charge in [0, 0.05) is 0 Å². The molecule has 0 amide bonds. The highest BCUT2D eigenvalue weighted by molar-refractivity contribution is 5.76. The fraction of sp³-hybridized carbons (Fsp3) is 0.533. The van der Waals surface area contributed by atoms with Gasteiger partial charge in [-0.15, -0.1) is 0 Å². The van der Waals surface area contributed by atoms with E-state index < -0.39 is 11.9 Å². The van der Waals surface area contributed by atoms with E-state index in [2.05, 4.69) is 20.8 Å². The van der Waals surface area contributed by atoms with Crippen LogP contribution in [-0.4, -0.2) is 17.6 Å². The molecule has 3 N–H and O–H groups in total. The Labute approximate surface area is 109 Å². The lowest BCUT2D eigenvalue weighted by Crippen LogP contribution is -2.15. The Morgan fingerprint density at radius 3 is 2.22 bits per heavy atom. The van der Waals surface area contributed by atoms with E-state index in [9.17, 15) is 9.90 Å². The fourth-order valence-electron chi connectivity index (χ4n) is 1.97. The molecule has 0 spiro atoms. The molecule has 0 aromatic heterocycles. The zero-order valence-corrected chi connectivity index (χ0v) is 11.4. The highest BCUT2D eigenvalue weighted by Crippen LogP contribution is 2.26. The SMILES string of the molecule is CC(C)(C)c1ccc(C(CCCN)C(=O)O)cc1. The Hall–Kier alpha value is -1.35. The topological polar surface area (TPSA) is 63.3 Å². The third kappa shape index (κ3) is 3.84. The molecule has 3 nitrogen and oxygen atoms in total. The van der Waals surface area contributed by atoms with E-state index in [1.54, 1.807) is 0 Å². The van der Waals surface area contributed by atoms with Gasteiger partial charge < -0.3 is 10.8 Å². The normalized spacial score (nSPS) is 13.3. The molecule has 0 heterocycles. The van der Waals surface area contributed by atoms with Gasteiger partial charge in [0.2, 0.25) is 0 Å². The van der Waals surface area contributed by atoms with Gasteiger partial charge in [-0.3, -0.25) is 4.79 Å². The van der Waals surface area contributed by atoms with Crippen molar-refractivity contribution in [2.75, 3.05) is 6.54 Å². The summed E-state index contributed by atoms with van der Waals surface area (Å²) in [6.07, 6.45) is 1.33. The molecule has 1 atom stereocenters. The number of nitrogens with two attached hydrogens (primary N) is 1. The highest BCUT2D eigenvalue weighted by atomic mass is 16.4. The smallest absolute Gasteiger partial charge is 0.310 e. The van der Waals surface area contributed by atoms with Crippen molar-refractivity contribution in [2.45, 2.75) is 44.9 Å². The van der Waals surface area contributed by atoms with E-state index in [-0.39, 0.29) is 5.41 Å². The number of carboxylic acid groups (broad SMARTS) is 1. The first-order chi connectivity index (χ1) is 8.36. The molecule has 1 rings (SSSR count). The van der Waals surface area contributed by atoms with Crippen LogP contribution >= 0.6 is 0 Å². The second kappa shape index (κ2) is 6.01. The number of benzene rings is 1. The number of carbonyl (C=O) groups is 1. The van der Waals surface area contributed by atoms with E-state index in [4.69, 9.17) is 5.73 Å². The summed E-state index contributed by atoms with van der Waals surface area (Å²) in [6, 6.07) is 7.90. The fourth-order valence-corrected chi connectivity index (χ4v) is 1.97. The molecule has 0 radical (unpaired) electrons. The van der Waals surface area contributed by atoms with Crippen LogP contribution in [0.1, 0.15) is 50.7 Å². The average Bonchev–Trinajstić information content (AvgIpc) is 2.28. The predicted octanol–water partition coefficient (Wildman–Crippen LogP) is 2.89. The van der Waals surface area contributed by atoms with Gasteiger partial charge in [-0.1, -0.05) is 45.0 Å². The quantitative estimate of drug-likeness (QED) is 0.843. The van der Waals surface area contributed by atoms with Crippen LogP contribution in [0.3, 0.4) is 0 Å². The molecule has 0 saturated carbocycles. The molecular formula is C15H23NO2. The maximum atomic E-state index is 11.2. The Bertz CT molecular complexity index is 390. The zero-order valence-electron chi connectivity index (χ0n) is 11.4. The molecule has 0 bridgehead atoms. The summed E-state index contributed by atoms with van der Waals surface area (Å²) >= 11 is 0. The van der Waals surface area contributed by atoms with Crippen LogP contribution in [0.2, 0.25) is 0 Å². The Morgan fingerprint density at radius 1 is 1.28 bits per heavy atom. The molecule has 3 heteroatoms. The van der Waals surface area contributed by atoms with Crippen molar-refractivity contribution >= 4 is 5.97 Å². The summed E-state index contributed by atoms with van der Waals surface area (Å²) < 4.78 is 0. The van der Waals surface area contributed by atoms with Gasteiger partial charge in [0.25, 0.3) is 0 Å². The third-order valence-electron chi connectivity index (χ3n) is 3.17. The molecule has 100 valence electrons. The van der Waals surface area contributed by atoms with Crippen molar-refractivity contribution < 1.29 is 9.90 Å². The minimum Gasteiger partial charge on any atom is -0.481 e. The van der Waals surface area contributed by atoms with Crippen LogP contribution in [0.25, 0.3) is 0 Å². The van der Waals surface area contributed by atoms with Gasteiger partial charge in [0.1, 0.15) is 0 Å². The molecular weight excluding hydrogens is 226 g/mol. The van der Waals surface area contributed by atoms with E-state index in [0.29, 0.717) is 13.0 Å². The average molecular weight is 249 g/mol. The van der Waals surface area contributed by atoms with Gasteiger partial charge in [-0.25, -0.2) is 0 Å². The number of carboxylic acids is 1. The Balaban J connectivity index is 2.90. The molecule has 0 aliphatic heterocycles. The summed E-state index contributed by atoms with van der Waals surface area (Å²) in [7, 11) is 0. The molecule has 0 fully saturated rings. The summed E-state index contributed by atoms with van der Waals surface area (Å²) in [5, 5.41) is 9.24. The van der Waals surface area contributed by atoms with Gasteiger partial charge in [0.15, 0.2) is 0 Å². The maximum absolute atomic E-state index is 11.2. The van der Waals surface area contributed by atoms with Crippen molar-refractivity contribution in [1.29, 1.82) is 0 Å². The summed E-state index contributed by atoms with van der Waals surface area (Å²) in [5.74, 6) is -1.21. The second-order valence-electron chi connectivity index (χ2n) is 5.69. The van der Waals surface area contributed by atoms with Crippen molar-refractivity contribution in [3.05, 3.63) is 35.4 Å². The minimum absolute atomic E-state index is 0.0918. The lowest BCUT2D eigenvalue weighted by atomic mass is 9.85. The first-order valence-electron chi connectivity index (χ1n) is 6.39. The molecule has 0 aliphatic rings. The summed E-state index contributed by atoms with van der Waals surface area (Å²) in [5.41, 5.74) is 7.62. The standard InChI is InChI=1S/C15H23NO2/c1-15(2,3)12-8-6-11(7-9-12)13(14(17)18)5-4-10-16/h6-9,13H,4-5,10,16H2,1-3H3,(H,17,18). The molecule has 1 aromatic rings. The predicted molar refractivity (Wildman–Crippen MR) is 73.8 cm³/mol. The maximum Gasteiger partial charge on any atom is 0.310 e. The van der Waals surface area contributed by atoms with Crippen LogP contribution in [-0.2, 0) is 10.2 Å². The van der Waals surface area contributed by atoms with Gasteiger partial charge in [0.05, 0.1) is 5.92 Å². The van der Waals surface area contributed by atoms with Crippen molar-refractivity contribution in [3.63, 3.8) is 0 Å². The number of aliphatic carboxylic acids is 1. The minimum atomic E-state index is -0.771. The summed E-state index contributed by atoms with van der Waals surface area (Å²) in [6.45, 7) is 6.96. The van der Waals surface area contributed by atoms with Crippen LogP contribution < -0.4 is 5.73 Å². The van der Waals surface area contributed by atoms with E-state index in [1.807, 2.05) is 24.3 Å². The van der Waals surface area contributed by atoms with Crippen molar-refractivity contribution in [1.82, 2.24) is 0 Å². The van der Waals surface area contributed by atoms with Crippen LogP contribution in [0.4, 0.5) is 0 Å². The van der Waals surface area contributed by atoms with Gasteiger partial charge in [-0.05, 0) is 35.9 Å². The Morgan fingerprint density at radius 2 is 1.83 bits per heavy atom. The van der Waals surface area contributed by atoms with E-state index in [1.165, 1.54) is 5.56 Å². The lowest BCUT2D eigenvalue weighted by molar-refractivity contribution is -0.139. The van der Waals surface area contributed by atoms with Gasteiger partial charge >= 0.3 is 5.97 Å². The van der Waals surface area contributed by atoms with Gasteiger partial charge in [-0.2, -0.15) is 0 Å². The first-order valence-corrected chi connectivity index (χ1v) is 6.39. The molecule has 0 aliphatic carbocycles. The zero-order chi connectivity index (χ0) is 13.8. The first kappa shape index (κ1) is 14.7. The number of hydrogen-bond acceptors (Lipinski definition) is 2. The number of rotatable bonds is 5. The molecule has 0 saturated heterocycles. The lowest BCUT2D eigenvalue weighted by Gasteiger charge is -2.20. The van der Waals surface area contributed by atoms with Crippen LogP contribution in [0.15, 0.2) is 24.3 Å². The molecule has 1 aromatic carbocycles. The van der Waals surface area contributed by atoms with E-state index >= 15 is 0 Å². The van der Waals surface area contributed by atoms with Crippen LogP contribution in [0, 0.1) is 0 Å². The Kier molecular flexibility index (Phi) is 4.91. The third-order valence-corrected chi connectivity index (χ3v) is 3.17. The monoisotopic (exact) mass is 249 g/mol. The van der Waals surface area contributed by atoms with Crippen LogP contribution in [0.5, 0.6) is 0 Å². The summed E-state index contributed by atoms with van der Waals surface area (Å²) in [4.78, 5) is 11.2. The van der Waals surface area contributed by atoms with Crippen molar-refractivity contribution in [3.8, 4) is 0 Å².